The van der Waals surface area contributed by atoms with E-state index in [4.69, 9.17) is 16.3 Å². The van der Waals surface area contributed by atoms with Gasteiger partial charge in [0.25, 0.3) is 5.91 Å². The van der Waals surface area contributed by atoms with Crippen LogP contribution in [0.2, 0.25) is 5.02 Å². The van der Waals surface area contributed by atoms with Crippen molar-refractivity contribution >= 4 is 40.9 Å². The van der Waals surface area contributed by atoms with Gasteiger partial charge >= 0.3 is 5.97 Å². The topological polar surface area (TPSA) is 55.4 Å². The average molecular weight is 412 g/mol. The van der Waals surface area contributed by atoms with Crippen LogP contribution in [0.5, 0.6) is 0 Å². The predicted octanol–water partition coefficient (Wildman–Crippen LogP) is 4.86. The lowest BCUT2D eigenvalue weighted by molar-refractivity contribution is -0.143. The van der Waals surface area contributed by atoms with Crippen molar-refractivity contribution in [3.63, 3.8) is 0 Å². The highest BCUT2D eigenvalue weighted by molar-refractivity contribution is 7.10. The molecule has 28 heavy (non-hydrogen) atoms. The number of hydrogen-bond donors (Lipinski definition) is 1. The molecular formula is C22H18ClNO3S. The van der Waals surface area contributed by atoms with Crippen molar-refractivity contribution in [1.29, 1.82) is 0 Å². The van der Waals surface area contributed by atoms with Crippen molar-refractivity contribution < 1.29 is 14.3 Å². The Hall–Kier alpha value is -2.89. The van der Waals surface area contributed by atoms with Gasteiger partial charge < -0.3 is 10.1 Å². The molecular weight excluding hydrogens is 394 g/mol. The normalized spacial score (nSPS) is 11.9. The number of ether oxygens (including phenoxy) is 1. The standard InChI is InChI=1S/C22H18ClNO3S/c23-18-10-5-4-7-16(18)12-13-21(26)27-15-20(25)24-22(19-11-6-14-28-19)17-8-2-1-3-9-17/h1-14,22H,15H2,(H,24,25)/b13-12+/t22-/m0/s1. The van der Waals surface area contributed by atoms with Gasteiger partial charge in [-0.15, -0.1) is 11.3 Å². The number of esters is 1. The number of rotatable bonds is 7. The Morgan fingerprint density at radius 3 is 2.50 bits per heavy atom. The summed E-state index contributed by atoms with van der Waals surface area (Å²) in [6, 6.07) is 20.4. The van der Waals surface area contributed by atoms with Crippen molar-refractivity contribution in [2.24, 2.45) is 0 Å². The fourth-order valence-corrected chi connectivity index (χ4v) is 3.58. The largest absolute Gasteiger partial charge is 0.452 e. The molecule has 2 aromatic carbocycles. The molecule has 0 radical (unpaired) electrons. The molecule has 0 unspecified atom stereocenters. The number of amides is 1. The second-order valence-electron chi connectivity index (χ2n) is 5.89. The quantitative estimate of drug-likeness (QED) is 0.446. The van der Waals surface area contributed by atoms with Crippen molar-refractivity contribution in [1.82, 2.24) is 5.32 Å². The Balaban J connectivity index is 1.58. The number of halogens is 1. The van der Waals surface area contributed by atoms with Crippen LogP contribution in [0, 0.1) is 0 Å². The summed E-state index contributed by atoms with van der Waals surface area (Å²) in [5, 5.41) is 5.41. The van der Waals surface area contributed by atoms with E-state index in [1.807, 2.05) is 53.9 Å². The molecule has 0 saturated heterocycles. The summed E-state index contributed by atoms with van der Waals surface area (Å²) >= 11 is 7.59. The van der Waals surface area contributed by atoms with Crippen molar-refractivity contribution in [2.45, 2.75) is 6.04 Å². The van der Waals surface area contributed by atoms with Gasteiger partial charge in [-0.1, -0.05) is 66.2 Å². The van der Waals surface area contributed by atoms with E-state index in [0.717, 1.165) is 10.4 Å². The first-order valence-corrected chi connectivity index (χ1v) is 9.86. The number of benzene rings is 2. The van der Waals surface area contributed by atoms with E-state index < -0.39 is 5.97 Å². The monoisotopic (exact) mass is 411 g/mol. The Morgan fingerprint density at radius 2 is 1.79 bits per heavy atom. The number of thiophene rings is 1. The first-order valence-electron chi connectivity index (χ1n) is 8.60. The SMILES string of the molecule is O=C(COC(=O)/C=C/c1ccccc1Cl)N[C@@H](c1ccccc1)c1cccs1. The summed E-state index contributed by atoms with van der Waals surface area (Å²) in [7, 11) is 0. The van der Waals surface area contributed by atoms with Crippen molar-refractivity contribution in [3.05, 3.63) is 99.2 Å². The van der Waals surface area contributed by atoms with Crippen LogP contribution >= 0.6 is 22.9 Å². The minimum atomic E-state index is -0.609. The molecule has 3 rings (SSSR count). The minimum Gasteiger partial charge on any atom is -0.452 e. The van der Waals surface area contributed by atoms with E-state index in [0.29, 0.717) is 10.6 Å². The summed E-state index contributed by atoms with van der Waals surface area (Å²) in [4.78, 5) is 25.2. The van der Waals surface area contributed by atoms with Crippen LogP contribution in [0.15, 0.2) is 78.2 Å². The number of hydrogen-bond acceptors (Lipinski definition) is 4. The molecule has 142 valence electrons. The molecule has 1 aromatic heterocycles. The van der Waals surface area contributed by atoms with Gasteiger partial charge in [-0.25, -0.2) is 4.79 Å². The van der Waals surface area contributed by atoms with E-state index in [1.54, 1.807) is 35.6 Å². The molecule has 0 fully saturated rings. The third-order valence-corrected chi connectivity index (χ3v) is 5.20. The molecule has 1 amide bonds. The average Bonchev–Trinajstić information content (AvgIpc) is 3.25. The van der Waals surface area contributed by atoms with Crippen molar-refractivity contribution in [2.75, 3.05) is 6.61 Å². The molecule has 6 heteroatoms. The van der Waals surface area contributed by atoms with Gasteiger partial charge in [-0.2, -0.15) is 0 Å². The predicted molar refractivity (Wildman–Crippen MR) is 112 cm³/mol. The molecule has 0 saturated carbocycles. The smallest absolute Gasteiger partial charge is 0.331 e. The maximum absolute atomic E-state index is 12.3. The summed E-state index contributed by atoms with van der Waals surface area (Å²) in [5.41, 5.74) is 1.66. The van der Waals surface area contributed by atoms with Crippen LogP contribution in [0.3, 0.4) is 0 Å². The highest BCUT2D eigenvalue weighted by Gasteiger charge is 2.18. The third-order valence-electron chi connectivity index (χ3n) is 3.92. The lowest BCUT2D eigenvalue weighted by Crippen LogP contribution is -2.32. The van der Waals surface area contributed by atoms with Crippen LogP contribution in [0.1, 0.15) is 22.0 Å². The molecule has 0 aliphatic rings. The molecule has 1 N–H and O–H groups in total. The van der Waals surface area contributed by atoms with Gasteiger partial charge in [0.05, 0.1) is 6.04 Å². The van der Waals surface area contributed by atoms with E-state index in [1.165, 1.54) is 6.08 Å². The molecule has 0 aliphatic heterocycles. The molecule has 0 spiro atoms. The summed E-state index contributed by atoms with van der Waals surface area (Å²) in [6.45, 7) is -0.361. The molecule has 1 atom stereocenters. The van der Waals surface area contributed by atoms with Gasteiger partial charge in [0.1, 0.15) is 0 Å². The molecule has 0 aliphatic carbocycles. The summed E-state index contributed by atoms with van der Waals surface area (Å²) in [5.74, 6) is -0.982. The Kier molecular flexibility index (Phi) is 7.00. The summed E-state index contributed by atoms with van der Waals surface area (Å²) < 4.78 is 5.04. The van der Waals surface area contributed by atoms with Crippen LogP contribution < -0.4 is 5.32 Å². The van der Waals surface area contributed by atoms with E-state index in [-0.39, 0.29) is 18.6 Å². The van der Waals surface area contributed by atoms with Crippen LogP contribution in [-0.2, 0) is 14.3 Å². The maximum atomic E-state index is 12.3. The Labute approximate surface area is 172 Å². The lowest BCUT2D eigenvalue weighted by Gasteiger charge is -2.18. The van der Waals surface area contributed by atoms with E-state index in [9.17, 15) is 9.59 Å². The zero-order chi connectivity index (χ0) is 19.8. The highest BCUT2D eigenvalue weighted by Crippen LogP contribution is 2.25. The summed E-state index contributed by atoms with van der Waals surface area (Å²) in [6.07, 6.45) is 2.81. The molecule has 1 heterocycles. The fourth-order valence-electron chi connectivity index (χ4n) is 2.58. The second kappa shape index (κ2) is 9.88. The van der Waals surface area contributed by atoms with Crippen LogP contribution in [0.4, 0.5) is 0 Å². The molecule has 0 bridgehead atoms. The Morgan fingerprint density at radius 1 is 1.04 bits per heavy atom. The van der Waals surface area contributed by atoms with Gasteiger partial charge in [0.2, 0.25) is 0 Å². The highest BCUT2D eigenvalue weighted by atomic mass is 35.5. The second-order valence-corrected chi connectivity index (χ2v) is 7.28. The van der Waals surface area contributed by atoms with Gasteiger partial charge in [-0.3, -0.25) is 4.79 Å². The molecule has 4 nitrogen and oxygen atoms in total. The fraction of sp³-hybridized carbons (Fsp3) is 0.0909. The van der Waals surface area contributed by atoms with Crippen molar-refractivity contribution in [3.8, 4) is 0 Å². The first kappa shape index (κ1) is 19.9. The van der Waals surface area contributed by atoms with E-state index in [2.05, 4.69) is 5.32 Å². The third kappa shape index (κ3) is 5.55. The zero-order valence-electron chi connectivity index (χ0n) is 14.9. The van der Waals surface area contributed by atoms with Gasteiger partial charge in [0, 0.05) is 16.0 Å². The molecule has 3 aromatic rings. The van der Waals surface area contributed by atoms with Gasteiger partial charge in [0.15, 0.2) is 6.61 Å². The number of carbonyl (C=O) groups excluding carboxylic acids is 2. The number of nitrogens with one attached hydrogen (secondary N) is 1. The minimum absolute atomic E-state index is 0.286. The Bertz CT molecular complexity index is 955. The van der Waals surface area contributed by atoms with Crippen LogP contribution in [-0.4, -0.2) is 18.5 Å². The number of carbonyl (C=O) groups is 2. The maximum Gasteiger partial charge on any atom is 0.331 e. The van der Waals surface area contributed by atoms with Crippen LogP contribution in [0.25, 0.3) is 6.08 Å². The first-order chi connectivity index (χ1) is 13.6. The van der Waals surface area contributed by atoms with Gasteiger partial charge in [-0.05, 0) is 34.7 Å². The van der Waals surface area contributed by atoms with E-state index >= 15 is 0 Å². The zero-order valence-corrected chi connectivity index (χ0v) is 16.5. The lowest BCUT2D eigenvalue weighted by atomic mass is 10.1.